The van der Waals surface area contributed by atoms with Crippen LogP contribution < -0.4 is 16.6 Å². The Morgan fingerprint density at radius 1 is 1.15 bits per heavy atom. The molecule has 1 heterocycles. The summed E-state index contributed by atoms with van der Waals surface area (Å²) in [5.41, 5.74) is 2.67. The summed E-state index contributed by atoms with van der Waals surface area (Å²) in [6, 6.07) is 0. The number of halogens is 1. The molecule has 4 bridgehead atoms. The van der Waals surface area contributed by atoms with Crippen molar-refractivity contribution in [1.82, 2.24) is 9.97 Å². The second kappa shape index (κ2) is 4.46. The van der Waals surface area contributed by atoms with Crippen molar-refractivity contribution in [2.45, 2.75) is 44.1 Å². The van der Waals surface area contributed by atoms with Crippen LogP contribution in [0, 0.1) is 17.8 Å². The number of anilines is 2. The highest BCUT2D eigenvalue weighted by Gasteiger charge is 2.51. The molecule has 108 valence electrons. The van der Waals surface area contributed by atoms with Crippen molar-refractivity contribution in [2.75, 3.05) is 10.7 Å². The minimum Gasteiger partial charge on any atom is -0.363 e. The van der Waals surface area contributed by atoms with E-state index in [2.05, 4.69) is 20.7 Å². The first kappa shape index (κ1) is 12.7. The van der Waals surface area contributed by atoms with Gasteiger partial charge in [0.05, 0.1) is 6.20 Å². The molecule has 1 aromatic heterocycles. The lowest BCUT2D eigenvalue weighted by molar-refractivity contribution is 0.0105. The van der Waals surface area contributed by atoms with Gasteiger partial charge in [-0.25, -0.2) is 10.8 Å². The fourth-order valence-corrected chi connectivity index (χ4v) is 5.18. The molecule has 4 aliphatic rings. The molecule has 20 heavy (non-hydrogen) atoms. The SMILES string of the molecule is NNc1ncc(Cl)c(NC23CC4CC(CC(C4)C2)C3)n1. The Morgan fingerprint density at radius 3 is 2.30 bits per heavy atom. The minimum atomic E-state index is 0.193. The van der Waals surface area contributed by atoms with E-state index < -0.39 is 0 Å². The van der Waals surface area contributed by atoms with E-state index in [9.17, 15) is 0 Å². The molecule has 5 rings (SSSR count). The molecule has 1 aromatic rings. The van der Waals surface area contributed by atoms with Crippen LogP contribution >= 0.6 is 11.6 Å². The van der Waals surface area contributed by atoms with Crippen LogP contribution in [0.1, 0.15) is 38.5 Å². The topological polar surface area (TPSA) is 75.9 Å². The fourth-order valence-electron chi connectivity index (χ4n) is 5.04. The average molecular weight is 294 g/mol. The lowest BCUT2D eigenvalue weighted by Gasteiger charge is -2.57. The van der Waals surface area contributed by atoms with Crippen LogP contribution in [0.15, 0.2) is 6.20 Å². The number of nitrogens with two attached hydrogens (primary N) is 1. The number of hydrazine groups is 1. The van der Waals surface area contributed by atoms with Crippen LogP contribution in [0.2, 0.25) is 5.02 Å². The second-order valence-corrected chi connectivity index (χ2v) is 7.26. The summed E-state index contributed by atoms with van der Waals surface area (Å²) in [6.07, 6.45) is 9.64. The van der Waals surface area contributed by atoms with Gasteiger partial charge < -0.3 is 5.32 Å². The van der Waals surface area contributed by atoms with Crippen molar-refractivity contribution < 1.29 is 0 Å². The molecule has 0 amide bonds. The predicted molar refractivity (Wildman–Crippen MR) is 79.4 cm³/mol. The van der Waals surface area contributed by atoms with Gasteiger partial charge in [-0.2, -0.15) is 4.98 Å². The summed E-state index contributed by atoms with van der Waals surface area (Å²) in [6.45, 7) is 0. The maximum absolute atomic E-state index is 6.24. The van der Waals surface area contributed by atoms with Gasteiger partial charge in [0.25, 0.3) is 0 Å². The first-order chi connectivity index (χ1) is 9.66. The van der Waals surface area contributed by atoms with Gasteiger partial charge in [-0.3, -0.25) is 5.43 Å². The molecule has 0 unspecified atom stereocenters. The van der Waals surface area contributed by atoms with E-state index in [1.165, 1.54) is 38.5 Å². The lowest BCUT2D eigenvalue weighted by Crippen LogP contribution is -2.55. The Bertz CT molecular complexity index is 497. The molecule has 4 saturated carbocycles. The smallest absolute Gasteiger partial charge is 0.239 e. The van der Waals surface area contributed by atoms with E-state index in [1.54, 1.807) is 6.20 Å². The number of hydrogen-bond donors (Lipinski definition) is 3. The van der Waals surface area contributed by atoms with Crippen molar-refractivity contribution in [3.8, 4) is 0 Å². The minimum absolute atomic E-state index is 0.193. The Morgan fingerprint density at radius 2 is 1.75 bits per heavy atom. The number of hydrogen-bond acceptors (Lipinski definition) is 5. The quantitative estimate of drug-likeness (QED) is 0.590. The fraction of sp³-hybridized carbons (Fsp3) is 0.714. The maximum atomic E-state index is 6.24. The van der Waals surface area contributed by atoms with Crippen LogP contribution in [0.25, 0.3) is 0 Å². The van der Waals surface area contributed by atoms with E-state index in [-0.39, 0.29) is 5.54 Å². The first-order valence-electron chi connectivity index (χ1n) is 7.43. The molecule has 0 spiro atoms. The number of nitrogen functional groups attached to an aromatic ring is 1. The second-order valence-electron chi connectivity index (χ2n) is 6.86. The summed E-state index contributed by atoms with van der Waals surface area (Å²) in [5.74, 6) is 9.18. The summed E-state index contributed by atoms with van der Waals surface area (Å²) in [4.78, 5) is 8.41. The summed E-state index contributed by atoms with van der Waals surface area (Å²) in [7, 11) is 0. The van der Waals surface area contributed by atoms with Crippen molar-refractivity contribution in [1.29, 1.82) is 0 Å². The van der Waals surface area contributed by atoms with E-state index in [0.717, 1.165) is 23.6 Å². The van der Waals surface area contributed by atoms with E-state index in [4.69, 9.17) is 17.4 Å². The maximum Gasteiger partial charge on any atom is 0.239 e. The largest absolute Gasteiger partial charge is 0.363 e. The van der Waals surface area contributed by atoms with E-state index >= 15 is 0 Å². The molecule has 0 aliphatic heterocycles. The van der Waals surface area contributed by atoms with Crippen LogP contribution in [0.3, 0.4) is 0 Å². The highest BCUT2D eigenvalue weighted by molar-refractivity contribution is 6.32. The lowest BCUT2D eigenvalue weighted by atomic mass is 9.53. The summed E-state index contributed by atoms with van der Waals surface area (Å²) < 4.78 is 0. The zero-order valence-corrected chi connectivity index (χ0v) is 12.2. The Kier molecular flexibility index (Phi) is 2.82. The van der Waals surface area contributed by atoms with Gasteiger partial charge >= 0.3 is 0 Å². The zero-order chi connectivity index (χ0) is 13.7. The third kappa shape index (κ3) is 2.04. The van der Waals surface area contributed by atoms with Crippen LogP contribution in [-0.4, -0.2) is 15.5 Å². The molecule has 4 aliphatic carbocycles. The Labute approximate surface area is 123 Å². The number of aromatic nitrogens is 2. The molecule has 0 atom stereocenters. The molecular weight excluding hydrogens is 274 g/mol. The zero-order valence-electron chi connectivity index (χ0n) is 11.4. The van der Waals surface area contributed by atoms with Crippen molar-refractivity contribution in [2.24, 2.45) is 23.6 Å². The van der Waals surface area contributed by atoms with Gasteiger partial charge in [-0.15, -0.1) is 0 Å². The third-order valence-corrected chi connectivity index (χ3v) is 5.57. The van der Waals surface area contributed by atoms with Crippen molar-refractivity contribution >= 4 is 23.4 Å². The normalized spacial score (nSPS) is 38.0. The van der Waals surface area contributed by atoms with Crippen LogP contribution in [-0.2, 0) is 0 Å². The molecule has 5 nitrogen and oxygen atoms in total. The van der Waals surface area contributed by atoms with Gasteiger partial charge in [0.1, 0.15) is 5.02 Å². The van der Waals surface area contributed by atoms with E-state index in [1.807, 2.05) is 0 Å². The predicted octanol–water partition coefficient (Wildman–Crippen LogP) is 2.80. The van der Waals surface area contributed by atoms with Crippen LogP contribution in [0.4, 0.5) is 11.8 Å². The van der Waals surface area contributed by atoms with Crippen molar-refractivity contribution in [3.05, 3.63) is 11.2 Å². The average Bonchev–Trinajstić information content (AvgIpc) is 2.39. The summed E-state index contributed by atoms with van der Waals surface area (Å²) in [5, 5.41) is 4.22. The number of nitrogens with zero attached hydrogens (tertiary/aromatic N) is 2. The molecular formula is C14H20ClN5. The highest BCUT2D eigenvalue weighted by atomic mass is 35.5. The Hall–Kier alpha value is -1.07. The highest BCUT2D eigenvalue weighted by Crippen LogP contribution is 2.56. The van der Waals surface area contributed by atoms with Crippen molar-refractivity contribution in [3.63, 3.8) is 0 Å². The number of rotatable bonds is 3. The third-order valence-electron chi connectivity index (χ3n) is 5.30. The molecule has 6 heteroatoms. The first-order valence-corrected chi connectivity index (χ1v) is 7.81. The number of nitrogens with one attached hydrogen (secondary N) is 2. The standard InChI is InChI=1S/C14H20ClN5/c15-11-7-17-13(20-16)18-12(11)19-14-4-8-1-9(5-14)3-10(2-8)6-14/h7-10H,1-6,16H2,(H2,17,18,19,20). The Balaban J connectivity index is 1.62. The molecule has 4 fully saturated rings. The van der Waals surface area contributed by atoms with E-state index in [0.29, 0.717) is 11.0 Å². The van der Waals surface area contributed by atoms with Crippen LogP contribution in [0.5, 0.6) is 0 Å². The molecule has 0 aromatic carbocycles. The summed E-state index contributed by atoms with van der Waals surface area (Å²) >= 11 is 6.24. The monoisotopic (exact) mass is 293 g/mol. The van der Waals surface area contributed by atoms with Gasteiger partial charge in [0.15, 0.2) is 5.82 Å². The van der Waals surface area contributed by atoms with Gasteiger partial charge in [0.2, 0.25) is 5.95 Å². The van der Waals surface area contributed by atoms with Gasteiger partial charge in [-0.05, 0) is 56.3 Å². The molecule has 4 N–H and O–H groups in total. The molecule has 0 saturated heterocycles. The molecule has 0 radical (unpaired) electrons. The van der Waals surface area contributed by atoms with Gasteiger partial charge in [0, 0.05) is 5.54 Å². The van der Waals surface area contributed by atoms with Gasteiger partial charge in [-0.1, -0.05) is 11.6 Å².